The van der Waals surface area contributed by atoms with Crippen LogP contribution in [-0.2, 0) is 0 Å². The first-order valence-corrected chi connectivity index (χ1v) is 4.78. The van der Waals surface area contributed by atoms with Crippen molar-refractivity contribution < 1.29 is 13.6 Å². The van der Waals surface area contributed by atoms with E-state index in [2.05, 4.69) is 4.98 Å². The topological polar surface area (TPSA) is 56.0 Å². The Labute approximate surface area is 95.9 Å². The molecule has 0 bridgehead atoms. The van der Waals surface area contributed by atoms with Gasteiger partial charge >= 0.3 is 0 Å². The molecule has 0 spiro atoms. The third-order valence-electron chi connectivity index (χ3n) is 2.32. The lowest BCUT2D eigenvalue weighted by Gasteiger charge is -2.06. The van der Waals surface area contributed by atoms with Crippen LogP contribution in [0.4, 0.5) is 14.5 Å². The van der Waals surface area contributed by atoms with Crippen LogP contribution in [0.1, 0.15) is 10.5 Å². The Morgan fingerprint density at radius 3 is 2.53 bits per heavy atom. The summed E-state index contributed by atoms with van der Waals surface area (Å²) < 4.78 is 27.2. The van der Waals surface area contributed by atoms with E-state index in [1.807, 2.05) is 0 Å². The maximum absolute atomic E-state index is 13.7. The zero-order valence-electron chi connectivity index (χ0n) is 8.65. The lowest BCUT2D eigenvalue weighted by molar-refractivity contribution is 0.111. The molecule has 0 aliphatic carbocycles. The van der Waals surface area contributed by atoms with E-state index in [0.717, 1.165) is 12.1 Å². The van der Waals surface area contributed by atoms with Gasteiger partial charge in [-0.2, -0.15) is 0 Å². The van der Waals surface area contributed by atoms with Crippen LogP contribution in [0.2, 0.25) is 0 Å². The monoisotopic (exact) mass is 234 g/mol. The van der Waals surface area contributed by atoms with Crippen LogP contribution in [0.15, 0.2) is 30.5 Å². The van der Waals surface area contributed by atoms with Crippen molar-refractivity contribution in [3.05, 3.63) is 47.8 Å². The Bertz CT molecular complexity index is 567. The molecule has 5 heteroatoms. The average Bonchev–Trinajstić information content (AvgIpc) is 2.35. The molecule has 2 rings (SSSR count). The third-order valence-corrected chi connectivity index (χ3v) is 2.32. The van der Waals surface area contributed by atoms with Gasteiger partial charge in [0.25, 0.3) is 0 Å². The number of aromatic nitrogens is 1. The van der Waals surface area contributed by atoms with Crippen LogP contribution in [0.3, 0.4) is 0 Å². The molecule has 2 N–H and O–H groups in total. The van der Waals surface area contributed by atoms with E-state index >= 15 is 0 Å². The van der Waals surface area contributed by atoms with Crippen molar-refractivity contribution in [2.75, 3.05) is 5.73 Å². The fourth-order valence-corrected chi connectivity index (χ4v) is 1.46. The summed E-state index contributed by atoms with van der Waals surface area (Å²) in [5.74, 6) is -1.55. The second-order valence-corrected chi connectivity index (χ2v) is 3.42. The summed E-state index contributed by atoms with van der Waals surface area (Å²) >= 11 is 0. The van der Waals surface area contributed by atoms with Gasteiger partial charge in [-0.3, -0.25) is 9.78 Å². The third kappa shape index (κ3) is 1.99. The molecule has 0 fully saturated rings. The summed E-state index contributed by atoms with van der Waals surface area (Å²) in [5.41, 5.74) is 5.41. The van der Waals surface area contributed by atoms with Gasteiger partial charge in [0.15, 0.2) is 12.1 Å². The minimum Gasteiger partial charge on any atom is -0.396 e. The zero-order valence-corrected chi connectivity index (χ0v) is 8.65. The average molecular weight is 234 g/mol. The quantitative estimate of drug-likeness (QED) is 0.641. The summed E-state index contributed by atoms with van der Waals surface area (Å²) in [6.07, 6.45) is 1.78. The fourth-order valence-electron chi connectivity index (χ4n) is 1.46. The highest BCUT2D eigenvalue weighted by Crippen LogP contribution is 2.28. The van der Waals surface area contributed by atoms with E-state index < -0.39 is 11.6 Å². The van der Waals surface area contributed by atoms with Crippen molar-refractivity contribution in [3.8, 4) is 11.1 Å². The van der Waals surface area contributed by atoms with Crippen LogP contribution < -0.4 is 5.73 Å². The van der Waals surface area contributed by atoms with E-state index in [0.29, 0.717) is 6.29 Å². The molecular formula is C12H8F2N2O. The summed E-state index contributed by atoms with van der Waals surface area (Å²) in [6, 6.07) is 5.03. The highest BCUT2D eigenvalue weighted by molar-refractivity contribution is 5.74. The molecule has 0 saturated carbocycles. The molecule has 1 aromatic heterocycles. The molecular weight excluding hydrogens is 226 g/mol. The molecule has 1 aromatic carbocycles. The first-order chi connectivity index (χ1) is 8.13. The van der Waals surface area contributed by atoms with Crippen molar-refractivity contribution >= 4 is 12.0 Å². The SMILES string of the molecule is Nc1ccc(F)c(-c2ccc(C=O)nc2)c1F. The van der Waals surface area contributed by atoms with Gasteiger partial charge in [-0.15, -0.1) is 0 Å². The van der Waals surface area contributed by atoms with Gasteiger partial charge in [0.05, 0.1) is 11.3 Å². The van der Waals surface area contributed by atoms with Crippen molar-refractivity contribution in [1.29, 1.82) is 0 Å². The highest BCUT2D eigenvalue weighted by Gasteiger charge is 2.14. The summed E-state index contributed by atoms with van der Waals surface area (Å²) in [4.78, 5) is 14.2. The first kappa shape index (κ1) is 11.2. The largest absolute Gasteiger partial charge is 0.396 e. The van der Waals surface area contributed by atoms with E-state index in [1.165, 1.54) is 18.3 Å². The van der Waals surface area contributed by atoms with Crippen molar-refractivity contribution in [1.82, 2.24) is 4.98 Å². The zero-order chi connectivity index (χ0) is 12.4. The molecule has 0 unspecified atom stereocenters. The standard InChI is InChI=1S/C12H8F2N2O/c13-9-3-4-10(15)12(14)11(9)7-1-2-8(6-17)16-5-7/h1-6H,15H2. The minimum atomic E-state index is -0.828. The summed E-state index contributed by atoms with van der Waals surface area (Å²) in [6.45, 7) is 0. The van der Waals surface area contributed by atoms with Gasteiger partial charge < -0.3 is 5.73 Å². The number of nitrogens with zero attached hydrogens (tertiary/aromatic N) is 1. The number of nitrogen functional groups attached to an aromatic ring is 1. The van der Waals surface area contributed by atoms with Gasteiger partial charge in [-0.05, 0) is 18.2 Å². The second-order valence-electron chi connectivity index (χ2n) is 3.42. The van der Waals surface area contributed by atoms with E-state index in [9.17, 15) is 13.6 Å². The molecule has 0 aliphatic rings. The predicted molar refractivity (Wildman–Crippen MR) is 59.4 cm³/mol. The van der Waals surface area contributed by atoms with Crippen LogP contribution >= 0.6 is 0 Å². The summed E-state index contributed by atoms with van der Waals surface area (Å²) in [5, 5.41) is 0. The molecule has 0 atom stereocenters. The first-order valence-electron chi connectivity index (χ1n) is 4.78. The lowest BCUT2D eigenvalue weighted by atomic mass is 10.1. The maximum Gasteiger partial charge on any atom is 0.168 e. The van der Waals surface area contributed by atoms with Crippen molar-refractivity contribution in [2.45, 2.75) is 0 Å². The van der Waals surface area contributed by atoms with E-state index in [-0.39, 0.29) is 22.5 Å². The number of carbonyl (C=O) groups excluding carboxylic acids is 1. The van der Waals surface area contributed by atoms with Gasteiger partial charge in [0.2, 0.25) is 0 Å². The molecule has 17 heavy (non-hydrogen) atoms. The number of nitrogens with two attached hydrogens (primary N) is 1. The number of benzene rings is 1. The Morgan fingerprint density at radius 2 is 1.94 bits per heavy atom. The Hall–Kier alpha value is -2.30. The number of aldehydes is 1. The normalized spacial score (nSPS) is 10.2. The Balaban J connectivity index is 2.59. The maximum atomic E-state index is 13.7. The van der Waals surface area contributed by atoms with Crippen LogP contribution in [0, 0.1) is 11.6 Å². The fraction of sp³-hybridized carbons (Fsp3) is 0. The van der Waals surface area contributed by atoms with E-state index in [1.54, 1.807) is 0 Å². The summed E-state index contributed by atoms with van der Waals surface area (Å²) in [7, 11) is 0. The van der Waals surface area contributed by atoms with Gasteiger partial charge in [-0.25, -0.2) is 8.78 Å². The van der Waals surface area contributed by atoms with Crippen LogP contribution in [0.5, 0.6) is 0 Å². The van der Waals surface area contributed by atoms with Crippen molar-refractivity contribution in [2.24, 2.45) is 0 Å². The van der Waals surface area contributed by atoms with Crippen LogP contribution in [0.25, 0.3) is 11.1 Å². The number of hydrogen-bond acceptors (Lipinski definition) is 3. The Morgan fingerprint density at radius 1 is 1.18 bits per heavy atom. The number of anilines is 1. The molecule has 0 radical (unpaired) electrons. The smallest absolute Gasteiger partial charge is 0.168 e. The Kier molecular flexibility index (Phi) is 2.82. The molecule has 2 aromatic rings. The van der Waals surface area contributed by atoms with Gasteiger partial charge in [-0.1, -0.05) is 6.07 Å². The molecule has 1 heterocycles. The molecule has 0 aliphatic heterocycles. The molecule has 0 saturated heterocycles. The van der Waals surface area contributed by atoms with Crippen molar-refractivity contribution in [3.63, 3.8) is 0 Å². The number of carbonyl (C=O) groups is 1. The number of hydrogen-bond donors (Lipinski definition) is 1. The molecule has 3 nitrogen and oxygen atoms in total. The second kappa shape index (κ2) is 4.29. The van der Waals surface area contributed by atoms with Crippen LogP contribution in [-0.4, -0.2) is 11.3 Å². The van der Waals surface area contributed by atoms with Gasteiger partial charge in [0, 0.05) is 11.8 Å². The minimum absolute atomic E-state index is 0.138. The highest BCUT2D eigenvalue weighted by atomic mass is 19.1. The van der Waals surface area contributed by atoms with E-state index in [4.69, 9.17) is 5.73 Å². The van der Waals surface area contributed by atoms with Gasteiger partial charge in [0.1, 0.15) is 11.5 Å². The predicted octanol–water partition coefficient (Wildman–Crippen LogP) is 2.42. The molecule has 86 valence electrons. The number of rotatable bonds is 2. The lowest BCUT2D eigenvalue weighted by Crippen LogP contribution is -1.97. The number of halogens is 2. The number of pyridine rings is 1. The molecule has 0 amide bonds.